The van der Waals surface area contributed by atoms with Crippen molar-refractivity contribution in [1.29, 1.82) is 0 Å². The Balaban J connectivity index is 1.64. The van der Waals surface area contributed by atoms with Gasteiger partial charge in [0, 0.05) is 29.0 Å². The molecule has 0 amide bonds. The van der Waals surface area contributed by atoms with Gasteiger partial charge in [0.25, 0.3) is 0 Å². The number of rotatable bonds is 4. The Morgan fingerprint density at radius 3 is 3.05 bits per heavy atom. The fourth-order valence-electron chi connectivity index (χ4n) is 3.36. The number of nitrogens with one attached hydrogen (secondary N) is 1. The van der Waals surface area contributed by atoms with E-state index in [0.29, 0.717) is 6.04 Å². The molecule has 2 unspecified atom stereocenters. The number of hydrogen-bond donors (Lipinski definition) is 1. The molecule has 19 heavy (non-hydrogen) atoms. The molecule has 0 aromatic heterocycles. The van der Waals surface area contributed by atoms with Crippen molar-refractivity contribution in [3.05, 3.63) is 27.7 Å². The van der Waals surface area contributed by atoms with E-state index >= 15 is 0 Å². The highest BCUT2D eigenvalue weighted by Crippen LogP contribution is 2.34. The van der Waals surface area contributed by atoms with Crippen LogP contribution in [0.3, 0.4) is 0 Å². The lowest BCUT2D eigenvalue weighted by atomic mass is 10.1. The van der Waals surface area contributed by atoms with E-state index < -0.39 is 0 Å². The van der Waals surface area contributed by atoms with Crippen molar-refractivity contribution >= 4 is 15.9 Å². The minimum atomic E-state index is 0.695. The summed E-state index contributed by atoms with van der Waals surface area (Å²) in [6.07, 6.45) is 6.43. The maximum absolute atomic E-state index is 5.78. The predicted molar refractivity (Wildman–Crippen MR) is 81.6 cm³/mol. The molecule has 1 heterocycles. The summed E-state index contributed by atoms with van der Waals surface area (Å²) in [7, 11) is 0. The molecule has 0 bridgehead atoms. The molecule has 0 saturated heterocycles. The van der Waals surface area contributed by atoms with Crippen LogP contribution in [0.5, 0.6) is 5.75 Å². The molecular formula is C16H22BrNO. The van der Waals surface area contributed by atoms with E-state index in [1.807, 2.05) is 0 Å². The van der Waals surface area contributed by atoms with E-state index in [-0.39, 0.29) is 0 Å². The highest BCUT2D eigenvalue weighted by molar-refractivity contribution is 9.10. The van der Waals surface area contributed by atoms with Gasteiger partial charge in [0.2, 0.25) is 0 Å². The lowest BCUT2D eigenvalue weighted by molar-refractivity contribution is 0.351. The Morgan fingerprint density at radius 2 is 2.26 bits per heavy atom. The van der Waals surface area contributed by atoms with E-state index in [2.05, 4.69) is 40.3 Å². The van der Waals surface area contributed by atoms with Crippen molar-refractivity contribution in [2.75, 3.05) is 6.61 Å². The molecule has 1 aromatic carbocycles. The van der Waals surface area contributed by atoms with Gasteiger partial charge in [-0.2, -0.15) is 0 Å². The Hall–Kier alpha value is -0.540. The lowest BCUT2D eigenvalue weighted by Gasteiger charge is -2.15. The summed E-state index contributed by atoms with van der Waals surface area (Å²) in [4.78, 5) is 0. The van der Waals surface area contributed by atoms with Crippen LogP contribution < -0.4 is 10.1 Å². The standard InChI is InChI=1S/C16H22BrNO/c1-2-11-3-4-15(7-11)18-10-13-9-14(17)8-12-5-6-19-16(12)13/h8-9,11,15,18H,2-7,10H2,1H3. The van der Waals surface area contributed by atoms with Gasteiger partial charge in [0.15, 0.2) is 0 Å². The molecule has 1 aliphatic heterocycles. The molecule has 1 fully saturated rings. The van der Waals surface area contributed by atoms with Crippen LogP contribution >= 0.6 is 15.9 Å². The first-order chi connectivity index (χ1) is 9.26. The van der Waals surface area contributed by atoms with E-state index in [9.17, 15) is 0 Å². The Kier molecular flexibility index (Phi) is 4.13. The molecule has 1 aromatic rings. The maximum Gasteiger partial charge on any atom is 0.127 e. The van der Waals surface area contributed by atoms with Crippen LogP contribution in [0.4, 0.5) is 0 Å². The van der Waals surface area contributed by atoms with Crippen LogP contribution in [-0.4, -0.2) is 12.6 Å². The zero-order valence-corrected chi connectivity index (χ0v) is 13.1. The van der Waals surface area contributed by atoms with Crippen molar-refractivity contribution in [3.63, 3.8) is 0 Å². The van der Waals surface area contributed by atoms with Crippen LogP contribution in [-0.2, 0) is 13.0 Å². The first-order valence-corrected chi connectivity index (χ1v) is 8.23. The summed E-state index contributed by atoms with van der Waals surface area (Å²) < 4.78 is 6.95. The number of halogens is 1. The molecular weight excluding hydrogens is 302 g/mol. The largest absolute Gasteiger partial charge is 0.493 e. The van der Waals surface area contributed by atoms with Gasteiger partial charge in [0.05, 0.1) is 6.61 Å². The van der Waals surface area contributed by atoms with Crippen LogP contribution in [0.2, 0.25) is 0 Å². The van der Waals surface area contributed by atoms with E-state index in [0.717, 1.165) is 31.2 Å². The third-order valence-electron chi connectivity index (χ3n) is 4.53. The summed E-state index contributed by atoms with van der Waals surface area (Å²) in [6, 6.07) is 5.08. The van der Waals surface area contributed by atoms with Crippen LogP contribution in [0.1, 0.15) is 43.7 Å². The average molecular weight is 324 g/mol. The normalized spacial score (nSPS) is 25.4. The molecule has 2 nitrogen and oxygen atoms in total. The number of hydrogen-bond acceptors (Lipinski definition) is 2. The maximum atomic E-state index is 5.78. The Morgan fingerprint density at radius 1 is 1.37 bits per heavy atom. The van der Waals surface area contributed by atoms with Crippen molar-refractivity contribution in [2.45, 2.75) is 51.6 Å². The van der Waals surface area contributed by atoms with Crippen molar-refractivity contribution in [1.82, 2.24) is 5.32 Å². The van der Waals surface area contributed by atoms with Gasteiger partial charge in [-0.15, -0.1) is 0 Å². The van der Waals surface area contributed by atoms with Crippen LogP contribution in [0.25, 0.3) is 0 Å². The Labute approximate surface area is 124 Å². The summed E-state index contributed by atoms with van der Waals surface area (Å²) in [5.74, 6) is 2.06. The monoisotopic (exact) mass is 323 g/mol. The topological polar surface area (TPSA) is 21.3 Å². The minimum Gasteiger partial charge on any atom is -0.493 e. The number of fused-ring (bicyclic) bond motifs is 1. The molecule has 1 N–H and O–H groups in total. The highest BCUT2D eigenvalue weighted by atomic mass is 79.9. The van der Waals surface area contributed by atoms with Gasteiger partial charge in [-0.05, 0) is 42.9 Å². The van der Waals surface area contributed by atoms with Gasteiger partial charge in [-0.1, -0.05) is 29.3 Å². The summed E-state index contributed by atoms with van der Waals surface area (Å²) >= 11 is 3.61. The molecule has 104 valence electrons. The van der Waals surface area contributed by atoms with E-state index in [4.69, 9.17) is 4.74 Å². The molecule has 1 saturated carbocycles. The summed E-state index contributed by atoms with van der Waals surface area (Å²) in [5.41, 5.74) is 2.66. The lowest BCUT2D eigenvalue weighted by Crippen LogP contribution is -2.26. The third kappa shape index (κ3) is 2.97. The second-order valence-corrected chi connectivity index (χ2v) is 6.73. The van der Waals surface area contributed by atoms with Crippen LogP contribution in [0.15, 0.2) is 16.6 Å². The fraction of sp³-hybridized carbons (Fsp3) is 0.625. The molecule has 0 spiro atoms. The van der Waals surface area contributed by atoms with Crippen molar-refractivity contribution in [3.8, 4) is 5.75 Å². The molecule has 1 aliphatic carbocycles. The van der Waals surface area contributed by atoms with E-state index in [1.54, 1.807) is 0 Å². The Bertz CT molecular complexity index is 460. The SMILES string of the molecule is CCC1CCC(NCc2cc(Br)cc3c2OCC3)C1. The average Bonchev–Trinajstić information content (AvgIpc) is 3.03. The number of ether oxygens (including phenoxy) is 1. The molecule has 2 atom stereocenters. The minimum absolute atomic E-state index is 0.695. The second-order valence-electron chi connectivity index (χ2n) is 5.82. The predicted octanol–water partition coefficient (Wildman–Crippen LogP) is 4.05. The fourth-order valence-corrected chi connectivity index (χ4v) is 3.92. The number of benzene rings is 1. The zero-order valence-electron chi connectivity index (χ0n) is 11.5. The van der Waals surface area contributed by atoms with Crippen LogP contribution in [0, 0.1) is 5.92 Å². The highest BCUT2D eigenvalue weighted by Gasteiger charge is 2.24. The summed E-state index contributed by atoms with van der Waals surface area (Å²) in [5, 5.41) is 3.72. The first kappa shape index (κ1) is 13.4. The van der Waals surface area contributed by atoms with Gasteiger partial charge in [0.1, 0.15) is 5.75 Å². The van der Waals surface area contributed by atoms with Gasteiger partial charge < -0.3 is 10.1 Å². The van der Waals surface area contributed by atoms with Gasteiger partial charge in [-0.3, -0.25) is 0 Å². The molecule has 3 heteroatoms. The smallest absolute Gasteiger partial charge is 0.127 e. The third-order valence-corrected chi connectivity index (χ3v) is 4.98. The van der Waals surface area contributed by atoms with Crippen molar-refractivity contribution in [2.24, 2.45) is 5.92 Å². The van der Waals surface area contributed by atoms with Gasteiger partial charge >= 0.3 is 0 Å². The molecule has 0 radical (unpaired) electrons. The summed E-state index contributed by atoms with van der Waals surface area (Å²) in [6.45, 7) is 4.07. The molecule has 2 aliphatic rings. The van der Waals surface area contributed by atoms with Gasteiger partial charge in [-0.25, -0.2) is 0 Å². The zero-order chi connectivity index (χ0) is 13.2. The second kappa shape index (κ2) is 5.84. The quantitative estimate of drug-likeness (QED) is 0.902. The first-order valence-electron chi connectivity index (χ1n) is 7.43. The molecule has 3 rings (SSSR count). The van der Waals surface area contributed by atoms with E-state index in [1.165, 1.54) is 41.3 Å². The van der Waals surface area contributed by atoms with Crippen molar-refractivity contribution < 1.29 is 4.74 Å².